The number of carbonyl (C=O) groups is 3. The fraction of sp³-hybridized carbons (Fsp3) is 0.450. The molecule has 150 valence electrons. The van der Waals surface area contributed by atoms with Gasteiger partial charge in [0.25, 0.3) is 11.8 Å². The molecule has 2 aromatic rings. The van der Waals surface area contributed by atoms with Gasteiger partial charge in [-0.3, -0.25) is 14.4 Å². The number of ether oxygens (including phenoxy) is 1. The van der Waals surface area contributed by atoms with Gasteiger partial charge >= 0.3 is 5.97 Å². The molecule has 0 saturated heterocycles. The van der Waals surface area contributed by atoms with Crippen LogP contribution in [0.1, 0.15) is 42.3 Å². The van der Waals surface area contributed by atoms with Crippen LogP contribution in [0.4, 0.5) is 0 Å². The van der Waals surface area contributed by atoms with E-state index in [1.165, 1.54) is 17.8 Å². The van der Waals surface area contributed by atoms with Gasteiger partial charge < -0.3 is 15.4 Å². The molecule has 1 aromatic carbocycles. The summed E-state index contributed by atoms with van der Waals surface area (Å²) >= 11 is 7.52. The molecule has 8 heteroatoms. The molecule has 1 aromatic heterocycles. The number of nitrogens with one attached hydrogen (secondary N) is 2. The first-order valence-corrected chi connectivity index (χ1v) is 10.6. The quantitative estimate of drug-likeness (QED) is 0.697. The Bertz CT molecular complexity index is 882. The number of thiophene rings is 1. The molecule has 1 heterocycles. The lowest BCUT2D eigenvalue weighted by atomic mass is 9.86. The number of amides is 2. The van der Waals surface area contributed by atoms with Crippen molar-refractivity contribution in [2.45, 2.75) is 38.6 Å². The lowest BCUT2D eigenvalue weighted by Crippen LogP contribution is -2.43. The van der Waals surface area contributed by atoms with Gasteiger partial charge in [0.2, 0.25) is 0 Å². The predicted molar refractivity (Wildman–Crippen MR) is 110 cm³/mol. The number of carbonyl (C=O) groups excluding carboxylic acids is 3. The summed E-state index contributed by atoms with van der Waals surface area (Å²) in [6, 6.07) is 7.56. The molecule has 1 saturated carbocycles. The van der Waals surface area contributed by atoms with Crippen LogP contribution in [-0.4, -0.2) is 37.0 Å². The van der Waals surface area contributed by atoms with Crippen LogP contribution in [0.5, 0.6) is 0 Å². The van der Waals surface area contributed by atoms with Crippen LogP contribution in [0.2, 0.25) is 5.02 Å². The smallest absolute Gasteiger partial charge is 0.325 e. The van der Waals surface area contributed by atoms with E-state index < -0.39 is 11.9 Å². The van der Waals surface area contributed by atoms with E-state index in [0.717, 1.165) is 29.3 Å². The summed E-state index contributed by atoms with van der Waals surface area (Å²) in [7, 11) is 0. The van der Waals surface area contributed by atoms with E-state index in [9.17, 15) is 14.4 Å². The van der Waals surface area contributed by atoms with Crippen LogP contribution in [0.3, 0.4) is 0 Å². The van der Waals surface area contributed by atoms with Crippen LogP contribution < -0.4 is 10.6 Å². The summed E-state index contributed by atoms with van der Waals surface area (Å²) in [6.45, 7) is 1.45. The van der Waals surface area contributed by atoms with Gasteiger partial charge in [-0.25, -0.2) is 0 Å². The molecule has 0 radical (unpaired) electrons. The van der Waals surface area contributed by atoms with Crippen LogP contribution in [0.25, 0.3) is 10.1 Å². The third kappa shape index (κ3) is 5.02. The van der Waals surface area contributed by atoms with Crippen molar-refractivity contribution in [1.29, 1.82) is 0 Å². The Morgan fingerprint density at radius 1 is 1.21 bits per heavy atom. The SMILES string of the molecule is C[C@@H]1CCCC[C@@H]1NC(=O)COC(=O)CNC(=O)c1sc2ccccc2c1Cl. The molecular formula is C20H23ClN2O4S. The zero-order valence-corrected chi connectivity index (χ0v) is 17.2. The Morgan fingerprint density at radius 2 is 1.96 bits per heavy atom. The minimum atomic E-state index is -0.669. The number of hydrogen-bond acceptors (Lipinski definition) is 5. The number of fused-ring (bicyclic) bond motifs is 1. The van der Waals surface area contributed by atoms with Crippen LogP contribution >= 0.6 is 22.9 Å². The van der Waals surface area contributed by atoms with E-state index in [0.29, 0.717) is 15.8 Å². The number of benzene rings is 1. The molecule has 2 atom stereocenters. The minimum Gasteiger partial charge on any atom is -0.454 e. The molecule has 2 amide bonds. The highest BCUT2D eigenvalue weighted by Gasteiger charge is 2.23. The van der Waals surface area contributed by atoms with Gasteiger partial charge in [0, 0.05) is 16.1 Å². The van der Waals surface area contributed by atoms with E-state index in [2.05, 4.69) is 17.6 Å². The first kappa shape index (κ1) is 20.6. The van der Waals surface area contributed by atoms with E-state index >= 15 is 0 Å². The van der Waals surface area contributed by atoms with Crippen LogP contribution in [0.15, 0.2) is 24.3 Å². The first-order valence-electron chi connectivity index (χ1n) is 9.36. The van der Waals surface area contributed by atoms with Gasteiger partial charge in [-0.05, 0) is 24.8 Å². The lowest BCUT2D eigenvalue weighted by Gasteiger charge is -2.29. The number of halogens is 1. The zero-order chi connectivity index (χ0) is 20.1. The topological polar surface area (TPSA) is 84.5 Å². The van der Waals surface area contributed by atoms with E-state index in [1.807, 2.05) is 24.3 Å². The maximum absolute atomic E-state index is 12.3. The zero-order valence-electron chi connectivity index (χ0n) is 15.6. The second-order valence-electron chi connectivity index (χ2n) is 7.02. The summed E-state index contributed by atoms with van der Waals surface area (Å²) in [4.78, 5) is 36.5. The van der Waals surface area contributed by atoms with Crippen molar-refractivity contribution >= 4 is 50.8 Å². The average Bonchev–Trinajstić information content (AvgIpc) is 3.03. The van der Waals surface area contributed by atoms with Gasteiger partial charge in [-0.2, -0.15) is 0 Å². The van der Waals surface area contributed by atoms with Crippen molar-refractivity contribution in [2.75, 3.05) is 13.2 Å². The van der Waals surface area contributed by atoms with Crippen molar-refractivity contribution < 1.29 is 19.1 Å². The summed E-state index contributed by atoms with van der Waals surface area (Å²) in [6.07, 6.45) is 4.33. The van der Waals surface area contributed by atoms with E-state index in [1.54, 1.807) is 0 Å². The molecule has 0 bridgehead atoms. The van der Waals surface area contributed by atoms with Gasteiger partial charge in [-0.1, -0.05) is 49.6 Å². The molecule has 0 spiro atoms. The third-order valence-electron chi connectivity index (χ3n) is 4.96. The summed E-state index contributed by atoms with van der Waals surface area (Å²) in [5.41, 5.74) is 0. The Hall–Kier alpha value is -2.12. The van der Waals surface area contributed by atoms with Crippen LogP contribution in [-0.2, 0) is 14.3 Å². The van der Waals surface area contributed by atoms with Crippen molar-refractivity contribution in [1.82, 2.24) is 10.6 Å². The third-order valence-corrected chi connectivity index (χ3v) is 6.63. The molecule has 1 aliphatic carbocycles. The maximum atomic E-state index is 12.3. The second kappa shape index (κ2) is 9.39. The van der Waals surface area contributed by atoms with Crippen molar-refractivity contribution in [3.63, 3.8) is 0 Å². The molecule has 3 rings (SSSR count). The Labute approximate surface area is 172 Å². The van der Waals surface area contributed by atoms with Gasteiger partial charge in [-0.15, -0.1) is 11.3 Å². The number of hydrogen-bond donors (Lipinski definition) is 2. The molecule has 1 fully saturated rings. The normalized spacial score (nSPS) is 19.2. The second-order valence-corrected chi connectivity index (χ2v) is 8.45. The maximum Gasteiger partial charge on any atom is 0.325 e. The highest BCUT2D eigenvalue weighted by atomic mass is 35.5. The highest BCUT2D eigenvalue weighted by Crippen LogP contribution is 2.34. The number of esters is 1. The molecule has 0 aliphatic heterocycles. The first-order chi connectivity index (χ1) is 13.5. The summed E-state index contributed by atoms with van der Waals surface area (Å²) in [5, 5.41) is 6.58. The molecular weight excluding hydrogens is 400 g/mol. The lowest BCUT2D eigenvalue weighted by molar-refractivity contribution is -0.147. The van der Waals surface area contributed by atoms with E-state index in [4.69, 9.17) is 16.3 Å². The fourth-order valence-electron chi connectivity index (χ4n) is 3.37. The molecule has 2 N–H and O–H groups in total. The molecule has 1 aliphatic rings. The molecule has 6 nitrogen and oxygen atoms in total. The average molecular weight is 423 g/mol. The van der Waals surface area contributed by atoms with Crippen molar-refractivity contribution in [3.05, 3.63) is 34.2 Å². The fourth-order valence-corrected chi connectivity index (χ4v) is 4.80. The number of rotatable bonds is 6. The Balaban J connectivity index is 1.44. The molecule has 28 heavy (non-hydrogen) atoms. The summed E-state index contributed by atoms with van der Waals surface area (Å²) in [5.74, 6) is -0.995. The minimum absolute atomic E-state index is 0.134. The Morgan fingerprint density at radius 3 is 2.71 bits per heavy atom. The molecule has 0 unspecified atom stereocenters. The van der Waals surface area contributed by atoms with Crippen LogP contribution in [0, 0.1) is 5.92 Å². The highest BCUT2D eigenvalue weighted by molar-refractivity contribution is 7.21. The van der Waals surface area contributed by atoms with Gasteiger partial charge in [0.15, 0.2) is 6.61 Å². The monoisotopic (exact) mass is 422 g/mol. The van der Waals surface area contributed by atoms with Crippen molar-refractivity contribution in [3.8, 4) is 0 Å². The largest absolute Gasteiger partial charge is 0.454 e. The predicted octanol–water partition coefficient (Wildman–Crippen LogP) is 3.52. The summed E-state index contributed by atoms with van der Waals surface area (Å²) < 4.78 is 5.86. The van der Waals surface area contributed by atoms with E-state index in [-0.39, 0.29) is 25.1 Å². The van der Waals surface area contributed by atoms with Crippen molar-refractivity contribution in [2.24, 2.45) is 5.92 Å². The van der Waals surface area contributed by atoms with Gasteiger partial charge in [0.05, 0.1) is 5.02 Å². The Kier molecular flexibility index (Phi) is 6.91. The van der Waals surface area contributed by atoms with Gasteiger partial charge in [0.1, 0.15) is 11.4 Å². The standard InChI is InChI=1S/C20H23ClN2O4S/c1-12-6-2-4-8-14(12)23-16(24)11-27-17(25)10-22-20(26)19-18(21)13-7-3-5-9-15(13)28-19/h3,5,7,9,12,14H,2,4,6,8,10-11H2,1H3,(H,22,26)(H,23,24)/t12-,14+/m1/s1.